The SMILES string of the molecule is C=CCCC(=O)NC[C@H](OC(=O)[C@@H]1[C@H]2O[C@@]3(CC2Br)[C@H](C(=O)N(CC=C)c2ccc(Cl)cc2)N(CCO)C(=O)[C@@H]13)c1ccccc1. The fourth-order valence-corrected chi connectivity index (χ4v) is 7.96. The van der Waals surface area contributed by atoms with Gasteiger partial charge in [0.1, 0.15) is 17.7 Å². The summed E-state index contributed by atoms with van der Waals surface area (Å²) >= 11 is 9.77. The van der Waals surface area contributed by atoms with E-state index in [4.69, 9.17) is 21.1 Å². The molecule has 46 heavy (non-hydrogen) atoms. The monoisotopic (exact) mass is 713 g/mol. The number of allylic oxidation sites excluding steroid dienone is 1. The normalized spacial score (nSPS) is 26.7. The molecule has 1 unspecified atom stereocenters. The third-order valence-corrected chi connectivity index (χ3v) is 9.94. The summed E-state index contributed by atoms with van der Waals surface area (Å²) in [5.74, 6) is -3.81. The van der Waals surface area contributed by atoms with E-state index >= 15 is 0 Å². The van der Waals surface area contributed by atoms with Crippen LogP contribution in [0.2, 0.25) is 5.02 Å². The summed E-state index contributed by atoms with van der Waals surface area (Å²) in [5, 5.41) is 13.3. The van der Waals surface area contributed by atoms with E-state index in [9.17, 15) is 24.3 Å². The van der Waals surface area contributed by atoms with Crippen molar-refractivity contribution in [1.29, 1.82) is 0 Å². The summed E-state index contributed by atoms with van der Waals surface area (Å²) in [5.41, 5.74) is -0.131. The first-order valence-electron chi connectivity index (χ1n) is 15.2. The summed E-state index contributed by atoms with van der Waals surface area (Å²) in [4.78, 5) is 57.6. The van der Waals surface area contributed by atoms with Gasteiger partial charge in [0.2, 0.25) is 11.8 Å². The molecule has 3 amide bonds. The van der Waals surface area contributed by atoms with Crippen LogP contribution in [0.4, 0.5) is 5.69 Å². The van der Waals surface area contributed by atoms with Crippen molar-refractivity contribution in [1.82, 2.24) is 10.2 Å². The predicted molar refractivity (Wildman–Crippen MR) is 176 cm³/mol. The molecule has 0 aromatic heterocycles. The van der Waals surface area contributed by atoms with E-state index in [-0.39, 0.29) is 36.8 Å². The molecule has 3 aliphatic heterocycles. The molecule has 2 aromatic carbocycles. The summed E-state index contributed by atoms with van der Waals surface area (Å²) < 4.78 is 12.6. The van der Waals surface area contributed by atoms with Gasteiger partial charge in [0.25, 0.3) is 5.91 Å². The second kappa shape index (κ2) is 14.5. The van der Waals surface area contributed by atoms with Gasteiger partial charge < -0.3 is 29.7 Å². The second-order valence-corrected chi connectivity index (χ2v) is 13.2. The number of hydrogen-bond donors (Lipinski definition) is 2. The fourth-order valence-electron chi connectivity index (χ4n) is 6.89. The van der Waals surface area contributed by atoms with Crippen molar-refractivity contribution >= 4 is 56.9 Å². The lowest BCUT2D eigenvalue weighted by atomic mass is 9.70. The van der Waals surface area contributed by atoms with Gasteiger partial charge in [-0.3, -0.25) is 19.2 Å². The van der Waals surface area contributed by atoms with Gasteiger partial charge in [0.05, 0.1) is 31.1 Å². The smallest absolute Gasteiger partial charge is 0.313 e. The van der Waals surface area contributed by atoms with Gasteiger partial charge >= 0.3 is 5.97 Å². The van der Waals surface area contributed by atoms with Crippen LogP contribution < -0.4 is 10.2 Å². The Labute approximate surface area is 281 Å². The van der Waals surface area contributed by atoms with Crippen molar-refractivity contribution in [2.24, 2.45) is 11.8 Å². The number of β-amino-alcohol motifs (C(OH)–C–C–N with tert-alkyl or cyclic N) is 1. The van der Waals surface area contributed by atoms with Crippen LogP contribution in [0.15, 0.2) is 79.9 Å². The number of aliphatic hydroxyl groups excluding tert-OH is 1. The highest BCUT2D eigenvalue weighted by Crippen LogP contribution is 2.60. The minimum atomic E-state index is -1.35. The van der Waals surface area contributed by atoms with Crippen LogP contribution in [0.1, 0.15) is 30.9 Å². The number of aliphatic hydroxyl groups is 1. The number of esters is 1. The molecule has 244 valence electrons. The number of halogens is 2. The zero-order valence-corrected chi connectivity index (χ0v) is 27.6. The fraction of sp³-hybridized carbons (Fsp3) is 0.412. The summed E-state index contributed by atoms with van der Waals surface area (Å²) in [6.45, 7) is 7.10. The highest BCUT2D eigenvalue weighted by Gasteiger charge is 2.77. The number of hydrogen-bond acceptors (Lipinski definition) is 7. The van der Waals surface area contributed by atoms with Gasteiger partial charge in [-0.2, -0.15) is 0 Å². The maximum atomic E-state index is 14.5. The number of benzene rings is 2. The zero-order chi connectivity index (χ0) is 33.0. The lowest BCUT2D eigenvalue weighted by Gasteiger charge is -2.37. The van der Waals surface area contributed by atoms with Crippen LogP contribution >= 0.6 is 27.5 Å². The third-order valence-electron chi connectivity index (χ3n) is 8.84. The summed E-state index contributed by atoms with van der Waals surface area (Å²) in [6, 6.07) is 14.6. The molecule has 3 fully saturated rings. The molecule has 2 bridgehead atoms. The Morgan fingerprint density at radius 1 is 1.17 bits per heavy atom. The molecule has 10 nitrogen and oxygen atoms in total. The molecule has 3 saturated heterocycles. The number of fused-ring (bicyclic) bond motifs is 1. The molecular weight excluding hydrogens is 678 g/mol. The zero-order valence-electron chi connectivity index (χ0n) is 25.2. The number of nitrogens with one attached hydrogen (secondary N) is 1. The van der Waals surface area contributed by atoms with Gasteiger partial charge in [-0.05, 0) is 42.7 Å². The van der Waals surface area contributed by atoms with Crippen molar-refractivity contribution in [2.45, 2.75) is 47.9 Å². The minimum Gasteiger partial charge on any atom is -0.455 e. The first-order valence-corrected chi connectivity index (χ1v) is 16.5. The number of ether oxygens (including phenoxy) is 2. The molecule has 0 radical (unpaired) electrons. The van der Waals surface area contributed by atoms with Gasteiger partial charge in [0.15, 0.2) is 0 Å². The molecule has 2 N–H and O–H groups in total. The highest BCUT2D eigenvalue weighted by atomic mass is 79.9. The molecule has 1 spiro atoms. The average molecular weight is 715 g/mol. The van der Waals surface area contributed by atoms with Gasteiger partial charge in [-0.15, -0.1) is 13.2 Å². The lowest BCUT2D eigenvalue weighted by Crippen LogP contribution is -2.57. The molecule has 3 aliphatic rings. The van der Waals surface area contributed by atoms with E-state index in [1.54, 1.807) is 60.7 Å². The first-order chi connectivity index (χ1) is 22.2. The van der Waals surface area contributed by atoms with E-state index in [2.05, 4.69) is 34.4 Å². The quantitative estimate of drug-likeness (QED) is 0.173. The third kappa shape index (κ3) is 6.38. The Morgan fingerprint density at radius 3 is 2.54 bits per heavy atom. The van der Waals surface area contributed by atoms with Crippen molar-refractivity contribution in [2.75, 3.05) is 31.1 Å². The summed E-state index contributed by atoms with van der Waals surface area (Å²) in [6.07, 6.45) is 2.70. The molecule has 3 heterocycles. The number of carbonyl (C=O) groups is 4. The van der Waals surface area contributed by atoms with E-state index < -0.39 is 60.1 Å². The summed E-state index contributed by atoms with van der Waals surface area (Å²) in [7, 11) is 0. The van der Waals surface area contributed by atoms with Gasteiger partial charge in [-0.25, -0.2) is 0 Å². The Balaban J connectivity index is 1.46. The van der Waals surface area contributed by atoms with Crippen LogP contribution in [0.5, 0.6) is 0 Å². The van der Waals surface area contributed by atoms with Crippen LogP contribution in [0, 0.1) is 11.8 Å². The van der Waals surface area contributed by atoms with E-state index in [1.165, 1.54) is 9.80 Å². The van der Waals surface area contributed by atoms with Crippen molar-refractivity contribution in [3.63, 3.8) is 0 Å². The van der Waals surface area contributed by atoms with E-state index in [0.29, 0.717) is 29.1 Å². The van der Waals surface area contributed by atoms with Gasteiger partial charge in [-0.1, -0.05) is 70.0 Å². The predicted octanol–water partition coefficient (Wildman–Crippen LogP) is 3.97. The maximum Gasteiger partial charge on any atom is 0.313 e. The number of nitrogens with zero attached hydrogens (tertiary/aromatic N) is 2. The van der Waals surface area contributed by atoms with Crippen LogP contribution in [-0.2, 0) is 28.7 Å². The molecule has 7 atom stereocenters. The molecule has 5 rings (SSSR count). The Hall–Kier alpha value is -3.51. The number of alkyl halides is 1. The molecule has 0 aliphatic carbocycles. The standard InChI is InChI=1S/C34H37BrClN3O7/c1-3-5-11-26(41)37-20-25(21-9-7-6-8-10-21)45-33(44)27-28-31(42)39(17-18-40)30(34(28)19-24(35)29(27)46-34)32(43)38(16-4-2)23-14-12-22(36)13-15-23/h3-4,6-10,12-15,24-25,27-30,40H,1-2,5,11,16-20H2,(H,37,41)/t24?,25-,27-,28+,29-,30-,34+/m0/s1. The molecular formula is C34H37BrClN3O7. The molecule has 12 heteroatoms. The number of amides is 3. The van der Waals surface area contributed by atoms with E-state index in [1.807, 2.05) is 6.07 Å². The van der Waals surface area contributed by atoms with Crippen molar-refractivity contribution < 1.29 is 33.8 Å². The van der Waals surface area contributed by atoms with Crippen LogP contribution in [-0.4, -0.2) is 82.5 Å². The first kappa shape index (κ1) is 33.8. The molecule has 0 saturated carbocycles. The number of anilines is 1. The van der Waals surface area contributed by atoms with Crippen molar-refractivity contribution in [3.05, 3.63) is 90.5 Å². The Kier molecular flexibility index (Phi) is 10.7. The van der Waals surface area contributed by atoms with Gasteiger partial charge in [0, 0.05) is 35.0 Å². The Morgan fingerprint density at radius 2 is 1.89 bits per heavy atom. The minimum absolute atomic E-state index is 0.0286. The van der Waals surface area contributed by atoms with Crippen LogP contribution in [0.3, 0.4) is 0 Å². The maximum absolute atomic E-state index is 14.5. The highest BCUT2D eigenvalue weighted by molar-refractivity contribution is 9.09. The second-order valence-electron chi connectivity index (χ2n) is 11.6. The van der Waals surface area contributed by atoms with Crippen molar-refractivity contribution in [3.8, 4) is 0 Å². The van der Waals surface area contributed by atoms with Crippen LogP contribution in [0.25, 0.3) is 0 Å². The Bertz CT molecular complexity index is 1470. The molecule has 2 aromatic rings. The largest absolute Gasteiger partial charge is 0.455 e. The number of carbonyl (C=O) groups excluding carboxylic acids is 4. The lowest BCUT2D eigenvalue weighted by molar-refractivity contribution is -0.160. The number of rotatable bonds is 14. The number of likely N-dealkylation sites (tertiary alicyclic amines) is 1. The topological polar surface area (TPSA) is 125 Å². The average Bonchev–Trinajstić information content (AvgIpc) is 3.64. The van der Waals surface area contributed by atoms with E-state index in [0.717, 1.165) is 0 Å².